The second kappa shape index (κ2) is 8.05. The zero-order valence-corrected chi connectivity index (χ0v) is 13.5. The first-order valence-electron chi connectivity index (χ1n) is 6.43. The molecule has 0 heterocycles. The highest BCUT2D eigenvalue weighted by atomic mass is 35.5. The topological polar surface area (TPSA) is 55.4 Å². The van der Waals surface area contributed by atoms with Gasteiger partial charge in [0.05, 0.1) is 6.04 Å². The molecule has 1 N–H and O–H groups in total. The fourth-order valence-corrected chi connectivity index (χ4v) is 2.24. The van der Waals surface area contributed by atoms with Crippen LogP contribution < -0.4 is 5.32 Å². The third kappa shape index (κ3) is 5.40. The second-order valence-electron chi connectivity index (χ2n) is 4.48. The summed E-state index contributed by atoms with van der Waals surface area (Å²) in [7, 11) is 0. The molecule has 0 radical (unpaired) electrons. The molecule has 21 heavy (non-hydrogen) atoms. The van der Waals surface area contributed by atoms with Gasteiger partial charge in [-0.3, -0.25) is 4.79 Å². The summed E-state index contributed by atoms with van der Waals surface area (Å²) in [4.78, 5) is 23.2. The molecule has 0 saturated heterocycles. The van der Waals surface area contributed by atoms with Crippen LogP contribution in [-0.4, -0.2) is 18.0 Å². The maximum atomic E-state index is 12.0. The molecule has 0 bridgehead atoms. The van der Waals surface area contributed by atoms with E-state index >= 15 is 0 Å². The molecular weight excluding hydrogens is 313 g/mol. The van der Waals surface area contributed by atoms with Gasteiger partial charge >= 0.3 is 5.97 Å². The number of ether oxygens (including phenoxy) is 1. The SMILES string of the molecule is C/C=C/C(=O)O[C@@H](C)C(=O)N[C@@H](C)c1ccc(Cl)cc1Cl. The molecule has 0 aromatic heterocycles. The van der Waals surface area contributed by atoms with Crippen LogP contribution in [0.5, 0.6) is 0 Å². The van der Waals surface area contributed by atoms with Crippen LogP contribution in [0.25, 0.3) is 0 Å². The number of carbonyl (C=O) groups excluding carboxylic acids is 2. The minimum Gasteiger partial charge on any atom is -0.449 e. The Morgan fingerprint density at radius 2 is 1.95 bits per heavy atom. The van der Waals surface area contributed by atoms with Crippen LogP contribution in [-0.2, 0) is 14.3 Å². The number of hydrogen-bond donors (Lipinski definition) is 1. The molecule has 1 aromatic rings. The molecule has 0 unspecified atom stereocenters. The van der Waals surface area contributed by atoms with Crippen LogP contribution in [0.3, 0.4) is 0 Å². The molecule has 0 fully saturated rings. The number of benzene rings is 1. The van der Waals surface area contributed by atoms with Crippen molar-refractivity contribution >= 4 is 35.1 Å². The Balaban J connectivity index is 2.67. The number of amides is 1. The lowest BCUT2D eigenvalue weighted by Crippen LogP contribution is -2.37. The molecule has 2 atom stereocenters. The zero-order valence-electron chi connectivity index (χ0n) is 12.0. The maximum Gasteiger partial charge on any atom is 0.331 e. The number of rotatable bonds is 5. The van der Waals surface area contributed by atoms with E-state index in [0.29, 0.717) is 10.0 Å². The van der Waals surface area contributed by atoms with E-state index in [0.717, 1.165) is 5.56 Å². The van der Waals surface area contributed by atoms with Crippen LogP contribution in [0.4, 0.5) is 0 Å². The molecule has 4 nitrogen and oxygen atoms in total. The van der Waals surface area contributed by atoms with Crippen molar-refractivity contribution in [1.82, 2.24) is 5.32 Å². The van der Waals surface area contributed by atoms with Gasteiger partial charge in [0.1, 0.15) is 0 Å². The summed E-state index contributed by atoms with van der Waals surface area (Å²) in [6.07, 6.45) is 1.91. The number of esters is 1. The molecule has 114 valence electrons. The van der Waals surface area contributed by atoms with Gasteiger partial charge in [-0.1, -0.05) is 35.3 Å². The quantitative estimate of drug-likeness (QED) is 0.662. The van der Waals surface area contributed by atoms with Gasteiger partial charge in [0, 0.05) is 16.1 Å². The van der Waals surface area contributed by atoms with Crippen LogP contribution in [0, 0.1) is 0 Å². The number of allylic oxidation sites excluding steroid dienone is 1. The molecular formula is C15H17Cl2NO3. The largest absolute Gasteiger partial charge is 0.449 e. The number of halogens is 2. The molecule has 1 amide bonds. The van der Waals surface area contributed by atoms with Crippen molar-refractivity contribution in [3.05, 3.63) is 46.0 Å². The lowest BCUT2D eigenvalue weighted by molar-refractivity contribution is -0.150. The van der Waals surface area contributed by atoms with E-state index in [1.807, 2.05) is 0 Å². The summed E-state index contributed by atoms with van der Waals surface area (Å²) in [5.41, 5.74) is 0.737. The lowest BCUT2D eigenvalue weighted by Gasteiger charge is -2.19. The Morgan fingerprint density at radius 3 is 2.52 bits per heavy atom. The number of nitrogens with one attached hydrogen (secondary N) is 1. The van der Waals surface area contributed by atoms with Crippen molar-refractivity contribution in [2.24, 2.45) is 0 Å². The summed E-state index contributed by atoms with van der Waals surface area (Å²) in [5.74, 6) is -0.955. The third-order valence-electron chi connectivity index (χ3n) is 2.75. The summed E-state index contributed by atoms with van der Waals surface area (Å²) >= 11 is 11.9. The smallest absolute Gasteiger partial charge is 0.331 e. The fourth-order valence-electron chi connectivity index (χ4n) is 1.66. The molecule has 0 aliphatic carbocycles. The van der Waals surface area contributed by atoms with Gasteiger partial charge < -0.3 is 10.1 Å². The van der Waals surface area contributed by atoms with Gasteiger partial charge in [-0.15, -0.1) is 0 Å². The van der Waals surface area contributed by atoms with Crippen LogP contribution in [0.1, 0.15) is 32.4 Å². The summed E-state index contributed by atoms with van der Waals surface area (Å²) in [5, 5.41) is 3.73. The summed E-state index contributed by atoms with van der Waals surface area (Å²) in [6, 6.07) is 4.72. The standard InChI is InChI=1S/C15H17Cl2NO3/c1-4-5-14(19)21-10(3)15(20)18-9(2)12-7-6-11(16)8-13(12)17/h4-10H,1-3H3,(H,18,20)/b5-4+/t9-,10-/m0/s1. The highest BCUT2D eigenvalue weighted by molar-refractivity contribution is 6.35. The normalized spacial score (nSPS) is 13.8. The first kappa shape index (κ1) is 17.5. The molecule has 1 rings (SSSR count). The van der Waals surface area contributed by atoms with Gasteiger partial charge in [0.2, 0.25) is 0 Å². The Morgan fingerprint density at radius 1 is 1.29 bits per heavy atom. The summed E-state index contributed by atoms with van der Waals surface area (Å²) in [6.45, 7) is 4.98. The Bertz CT molecular complexity index is 558. The second-order valence-corrected chi connectivity index (χ2v) is 5.32. The zero-order chi connectivity index (χ0) is 16.0. The van der Waals surface area contributed by atoms with Gasteiger partial charge in [0.25, 0.3) is 5.91 Å². The van der Waals surface area contributed by atoms with Crippen molar-refractivity contribution in [3.8, 4) is 0 Å². The number of carbonyl (C=O) groups is 2. The minimum atomic E-state index is -0.887. The Hall–Kier alpha value is -1.52. The minimum absolute atomic E-state index is 0.329. The van der Waals surface area contributed by atoms with Crippen LogP contribution in [0.15, 0.2) is 30.4 Å². The van der Waals surface area contributed by atoms with Crippen molar-refractivity contribution in [1.29, 1.82) is 0 Å². The molecule has 1 aromatic carbocycles. The van der Waals surface area contributed by atoms with E-state index in [1.54, 1.807) is 38.1 Å². The van der Waals surface area contributed by atoms with Crippen molar-refractivity contribution in [2.75, 3.05) is 0 Å². The van der Waals surface area contributed by atoms with Crippen LogP contribution >= 0.6 is 23.2 Å². The molecule has 0 saturated carbocycles. The van der Waals surface area contributed by atoms with Crippen molar-refractivity contribution < 1.29 is 14.3 Å². The van der Waals surface area contributed by atoms with E-state index in [2.05, 4.69) is 5.32 Å². The highest BCUT2D eigenvalue weighted by Crippen LogP contribution is 2.26. The van der Waals surface area contributed by atoms with E-state index in [9.17, 15) is 9.59 Å². The maximum absolute atomic E-state index is 12.0. The van der Waals surface area contributed by atoms with Crippen molar-refractivity contribution in [3.63, 3.8) is 0 Å². The molecule has 6 heteroatoms. The first-order chi connectivity index (χ1) is 9.85. The Kier molecular flexibility index (Phi) is 6.72. The molecule has 0 spiro atoms. The molecule has 0 aliphatic rings. The monoisotopic (exact) mass is 329 g/mol. The fraction of sp³-hybridized carbons (Fsp3) is 0.333. The summed E-state index contributed by atoms with van der Waals surface area (Å²) < 4.78 is 4.95. The van der Waals surface area contributed by atoms with Gasteiger partial charge in [-0.2, -0.15) is 0 Å². The predicted octanol–water partition coefficient (Wildman–Crippen LogP) is 3.68. The van der Waals surface area contributed by atoms with Gasteiger partial charge in [-0.05, 0) is 38.5 Å². The number of hydrogen-bond acceptors (Lipinski definition) is 3. The first-order valence-corrected chi connectivity index (χ1v) is 7.19. The molecule has 0 aliphatic heterocycles. The Labute approximate surface area is 134 Å². The average molecular weight is 330 g/mol. The van der Waals surface area contributed by atoms with Crippen LogP contribution in [0.2, 0.25) is 10.0 Å². The van der Waals surface area contributed by atoms with E-state index < -0.39 is 18.0 Å². The highest BCUT2D eigenvalue weighted by Gasteiger charge is 2.20. The third-order valence-corrected chi connectivity index (χ3v) is 3.32. The lowest BCUT2D eigenvalue weighted by atomic mass is 10.1. The predicted molar refractivity (Wildman–Crippen MR) is 83.4 cm³/mol. The van der Waals surface area contributed by atoms with Gasteiger partial charge in [-0.25, -0.2) is 4.79 Å². The van der Waals surface area contributed by atoms with E-state index in [-0.39, 0.29) is 6.04 Å². The van der Waals surface area contributed by atoms with E-state index in [1.165, 1.54) is 13.0 Å². The van der Waals surface area contributed by atoms with E-state index in [4.69, 9.17) is 27.9 Å². The average Bonchev–Trinajstić information content (AvgIpc) is 2.38. The van der Waals surface area contributed by atoms with Crippen molar-refractivity contribution in [2.45, 2.75) is 32.9 Å². The van der Waals surface area contributed by atoms with Gasteiger partial charge in [0.15, 0.2) is 6.10 Å².